The maximum Gasteiger partial charge on any atom is 0.127 e. The van der Waals surface area contributed by atoms with E-state index in [1.165, 1.54) is 0 Å². The molecule has 24 heavy (non-hydrogen) atoms. The monoisotopic (exact) mass is 335 g/mol. The maximum absolute atomic E-state index is 8.77. The molecule has 0 amide bonds. The SMILES string of the molecule is Cc1nc(SCCCOc2ccc(C#N)cc2)c2ccccc2n1. The van der Waals surface area contributed by atoms with E-state index in [9.17, 15) is 0 Å². The first-order chi connectivity index (χ1) is 11.8. The van der Waals surface area contributed by atoms with E-state index in [4.69, 9.17) is 10.00 Å². The van der Waals surface area contributed by atoms with Crippen molar-refractivity contribution in [3.05, 3.63) is 59.9 Å². The number of thioether (sulfide) groups is 1. The molecule has 5 heteroatoms. The molecule has 4 nitrogen and oxygen atoms in total. The van der Waals surface area contributed by atoms with Crippen molar-refractivity contribution in [2.45, 2.75) is 18.4 Å². The van der Waals surface area contributed by atoms with Gasteiger partial charge in [-0.2, -0.15) is 5.26 Å². The predicted octanol–water partition coefficient (Wildman–Crippen LogP) is 4.37. The molecule has 3 rings (SSSR count). The van der Waals surface area contributed by atoms with Gasteiger partial charge in [-0.25, -0.2) is 9.97 Å². The number of ether oxygens (including phenoxy) is 1. The lowest BCUT2D eigenvalue weighted by atomic mass is 10.2. The van der Waals surface area contributed by atoms with Crippen molar-refractivity contribution in [2.24, 2.45) is 0 Å². The molecule has 0 saturated heterocycles. The Balaban J connectivity index is 1.52. The molecule has 0 aliphatic heterocycles. The average molecular weight is 335 g/mol. The molecule has 0 unspecified atom stereocenters. The molecular weight excluding hydrogens is 318 g/mol. The zero-order valence-corrected chi connectivity index (χ0v) is 14.2. The van der Waals surface area contributed by atoms with Gasteiger partial charge in [0.1, 0.15) is 16.6 Å². The van der Waals surface area contributed by atoms with Gasteiger partial charge in [-0.05, 0) is 43.7 Å². The van der Waals surface area contributed by atoms with Gasteiger partial charge in [0.2, 0.25) is 0 Å². The summed E-state index contributed by atoms with van der Waals surface area (Å²) in [5.74, 6) is 2.52. The number of benzene rings is 2. The quantitative estimate of drug-likeness (QED) is 0.380. The van der Waals surface area contributed by atoms with E-state index in [0.29, 0.717) is 12.2 Å². The second kappa shape index (κ2) is 7.80. The third-order valence-electron chi connectivity index (χ3n) is 3.46. The standard InChI is InChI=1S/C19H17N3OS/c1-14-21-18-6-3-2-5-17(18)19(22-14)24-12-4-11-23-16-9-7-15(13-20)8-10-16/h2-3,5-10H,4,11-12H2,1H3. The Labute approximate surface area is 145 Å². The molecule has 0 bridgehead atoms. The zero-order chi connectivity index (χ0) is 16.8. The third-order valence-corrected chi connectivity index (χ3v) is 4.54. The summed E-state index contributed by atoms with van der Waals surface area (Å²) in [6, 6.07) is 17.4. The molecule has 2 aromatic carbocycles. The molecule has 3 aromatic rings. The highest BCUT2D eigenvalue weighted by Crippen LogP contribution is 2.25. The van der Waals surface area contributed by atoms with Crippen LogP contribution in [0.2, 0.25) is 0 Å². The normalized spacial score (nSPS) is 10.5. The first-order valence-electron chi connectivity index (χ1n) is 7.75. The second-order valence-electron chi connectivity index (χ2n) is 5.28. The molecule has 0 aliphatic carbocycles. The van der Waals surface area contributed by atoms with Crippen molar-refractivity contribution in [1.82, 2.24) is 9.97 Å². The molecule has 0 fully saturated rings. The molecule has 1 heterocycles. The molecule has 120 valence electrons. The van der Waals surface area contributed by atoms with Crippen molar-refractivity contribution >= 4 is 22.7 Å². The number of hydrogen-bond acceptors (Lipinski definition) is 5. The van der Waals surface area contributed by atoms with Gasteiger partial charge in [0, 0.05) is 11.1 Å². The van der Waals surface area contributed by atoms with Gasteiger partial charge < -0.3 is 4.74 Å². The third kappa shape index (κ3) is 4.03. The van der Waals surface area contributed by atoms with Gasteiger partial charge in [0.15, 0.2) is 0 Å². The van der Waals surface area contributed by atoms with Gasteiger partial charge in [-0.1, -0.05) is 18.2 Å². The fraction of sp³-hybridized carbons (Fsp3) is 0.211. The van der Waals surface area contributed by atoms with Gasteiger partial charge in [-0.15, -0.1) is 11.8 Å². The number of fused-ring (bicyclic) bond motifs is 1. The van der Waals surface area contributed by atoms with Crippen LogP contribution in [0.3, 0.4) is 0 Å². The molecule has 0 atom stereocenters. The van der Waals surface area contributed by atoms with Gasteiger partial charge in [-0.3, -0.25) is 0 Å². The minimum absolute atomic E-state index is 0.640. The van der Waals surface area contributed by atoms with Gasteiger partial charge in [0.05, 0.1) is 23.8 Å². The minimum Gasteiger partial charge on any atom is -0.494 e. The summed E-state index contributed by atoms with van der Waals surface area (Å²) in [7, 11) is 0. The Morgan fingerprint density at radius 1 is 1.08 bits per heavy atom. The summed E-state index contributed by atoms with van der Waals surface area (Å²) < 4.78 is 5.70. The first kappa shape index (κ1) is 16.3. The molecule has 0 saturated carbocycles. The summed E-state index contributed by atoms with van der Waals surface area (Å²) in [6.45, 7) is 2.56. The average Bonchev–Trinajstić information content (AvgIpc) is 2.61. The first-order valence-corrected chi connectivity index (χ1v) is 8.74. The van der Waals surface area contributed by atoms with Crippen LogP contribution >= 0.6 is 11.8 Å². The van der Waals surface area contributed by atoms with Gasteiger partial charge in [0.25, 0.3) is 0 Å². The summed E-state index contributed by atoms with van der Waals surface area (Å²) in [4.78, 5) is 9.02. The summed E-state index contributed by atoms with van der Waals surface area (Å²) in [5.41, 5.74) is 1.63. The van der Waals surface area contributed by atoms with E-state index in [1.807, 2.05) is 37.3 Å². The summed E-state index contributed by atoms with van der Waals surface area (Å²) in [5, 5.41) is 10.9. The molecule has 1 aromatic heterocycles. The topological polar surface area (TPSA) is 58.8 Å². The highest BCUT2D eigenvalue weighted by molar-refractivity contribution is 7.99. The van der Waals surface area contributed by atoms with Crippen molar-refractivity contribution < 1.29 is 4.74 Å². The lowest BCUT2D eigenvalue weighted by molar-refractivity contribution is 0.318. The minimum atomic E-state index is 0.640. The number of hydrogen-bond donors (Lipinski definition) is 0. The molecule has 0 radical (unpaired) electrons. The fourth-order valence-electron chi connectivity index (χ4n) is 2.31. The van der Waals surface area contributed by atoms with E-state index in [-0.39, 0.29) is 0 Å². The Morgan fingerprint density at radius 2 is 1.88 bits per heavy atom. The zero-order valence-electron chi connectivity index (χ0n) is 13.4. The van der Waals surface area contributed by atoms with Crippen LogP contribution in [0, 0.1) is 18.3 Å². The van der Waals surface area contributed by atoms with E-state index in [0.717, 1.165) is 39.7 Å². The van der Waals surface area contributed by atoms with E-state index in [2.05, 4.69) is 22.1 Å². The van der Waals surface area contributed by atoms with Crippen LogP contribution in [0.25, 0.3) is 10.9 Å². The van der Waals surface area contributed by atoms with Crippen molar-refractivity contribution in [1.29, 1.82) is 5.26 Å². The Bertz CT molecular complexity index is 872. The summed E-state index contributed by atoms with van der Waals surface area (Å²) >= 11 is 1.73. The van der Waals surface area contributed by atoms with E-state index in [1.54, 1.807) is 23.9 Å². The molecule has 0 spiro atoms. The number of aromatic nitrogens is 2. The van der Waals surface area contributed by atoms with Crippen LogP contribution in [0.5, 0.6) is 5.75 Å². The largest absolute Gasteiger partial charge is 0.494 e. The Kier molecular flexibility index (Phi) is 5.29. The van der Waals surface area contributed by atoms with Crippen LogP contribution in [0.1, 0.15) is 17.8 Å². The summed E-state index contributed by atoms with van der Waals surface area (Å²) in [6.07, 6.45) is 0.919. The van der Waals surface area contributed by atoms with Crippen molar-refractivity contribution in [3.63, 3.8) is 0 Å². The molecule has 0 aliphatic rings. The number of nitriles is 1. The number of aryl methyl sites for hydroxylation is 1. The Hall–Kier alpha value is -2.58. The lowest BCUT2D eigenvalue weighted by Gasteiger charge is -2.08. The van der Waals surface area contributed by atoms with Crippen LogP contribution in [-0.2, 0) is 0 Å². The Morgan fingerprint density at radius 3 is 2.67 bits per heavy atom. The van der Waals surface area contributed by atoms with Crippen LogP contribution in [0.15, 0.2) is 53.6 Å². The second-order valence-corrected chi connectivity index (χ2v) is 6.36. The van der Waals surface area contributed by atoms with Crippen LogP contribution in [-0.4, -0.2) is 22.3 Å². The number of nitrogens with zero attached hydrogens (tertiary/aromatic N) is 3. The molecule has 0 N–H and O–H groups in total. The highest BCUT2D eigenvalue weighted by Gasteiger charge is 2.05. The van der Waals surface area contributed by atoms with E-state index < -0.39 is 0 Å². The van der Waals surface area contributed by atoms with Crippen molar-refractivity contribution in [2.75, 3.05) is 12.4 Å². The fourth-order valence-corrected chi connectivity index (χ4v) is 3.29. The van der Waals surface area contributed by atoms with Crippen LogP contribution in [0.4, 0.5) is 0 Å². The van der Waals surface area contributed by atoms with Gasteiger partial charge >= 0.3 is 0 Å². The number of rotatable bonds is 6. The predicted molar refractivity (Wildman–Crippen MR) is 96.3 cm³/mol. The number of para-hydroxylation sites is 1. The smallest absolute Gasteiger partial charge is 0.127 e. The molecular formula is C19H17N3OS. The van der Waals surface area contributed by atoms with Crippen molar-refractivity contribution in [3.8, 4) is 11.8 Å². The van der Waals surface area contributed by atoms with E-state index >= 15 is 0 Å². The maximum atomic E-state index is 8.77. The van der Waals surface area contributed by atoms with Crippen LogP contribution < -0.4 is 4.74 Å². The highest BCUT2D eigenvalue weighted by atomic mass is 32.2. The lowest BCUT2D eigenvalue weighted by Crippen LogP contribution is -1.99.